The van der Waals surface area contributed by atoms with E-state index in [1.165, 1.54) is 36.2 Å². The summed E-state index contributed by atoms with van der Waals surface area (Å²) in [5, 5.41) is 11.9. The molecule has 0 aromatic heterocycles. The van der Waals surface area contributed by atoms with Gasteiger partial charge in [0.25, 0.3) is 5.91 Å². The van der Waals surface area contributed by atoms with E-state index in [0.29, 0.717) is 16.9 Å². The van der Waals surface area contributed by atoms with Crippen LogP contribution in [0.25, 0.3) is 0 Å². The number of imide groups is 1. The number of nitro groups is 1. The lowest BCUT2D eigenvalue weighted by atomic mass is 9.75. The van der Waals surface area contributed by atoms with E-state index in [1.807, 2.05) is 30.3 Å². The molecular formula is C29H27N3O7. The van der Waals surface area contributed by atoms with Gasteiger partial charge in [-0.05, 0) is 48.4 Å². The number of ketones is 1. The minimum Gasteiger partial charge on any atom is -0.497 e. The number of Topliss-reactive ketones (excluding diaryl/α,β-unsaturated/α-hetero) is 1. The van der Waals surface area contributed by atoms with Crippen LogP contribution in [0.3, 0.4) is 0 Å². The zero-order valence-electron chi connectivity index (χ0n) is 21.6. The number of likely N-dealkylation sites (N-methyl/N-ethyl adjacent to an activating group) is 1. The van der Waals surface area contributed by atoms with Crippen molar-refractivity contribution < 1.29 is 28.8 Å². The predicted octanol–water partition coefficient (Wildman–Crippen LogP) is 4.60. The Bertz CT molecular complexity index is 1440. The van der Waals surface area contributed by atoms with Gasteiger partial charge in [-0.3, -0.25) is 24.6 Å². The van der Waals surface area contributed by atoms with Gasteiger partial charge in [0.1, 0.15) is 11.8 Å². The van der Waals surface area contributed by atoms with Crippen molar-refractivity contribution in [3.05, 3.63) is 99.6 Å². The van der Waals surface area contributed by atoms with Gasteiger partial charge in [0.15, 0.2) is 11.5 Å². The highest BCUT2D eigenvalue weighted by molar-refractivity contribution is 6.08. The van der Waals surface area contributed by atoms with Crippen molar-refractivity contribution in [1.82, 2.24) is 9.80 Å². The molecule has 2 fully saturated rings. The van der Waals surface area contributed by atoms with Gasteiger partial charge in [0.2, 0.25) is 0 Å². The van der Waals surface area contributed by atoms with E-state index in [-0.39, 0.29) is 23.8 Å². The molecule has 2 aliphatic rings. The third kappa shape index (κ3) is 4.18. The molecule has 0 N–H and O–H groups in total. The molecule has 5 rings (SSSR count). The van der Waals surface area contributed by atoms with Gasteiger partial charge in [-0.25, -0.2) is 4.79 Å². The Kier molecular flexibility index (Phi) is 6.78. The quantitative estimate of drug-likeness (QED) is 0.181. The summed E-state index contributed by atoms with van der Waals surface area (Å²) >= 11 is 0. The lowest BCUT2D eigenvalue weighted by Crippen LogP contribution is -2.38. The van der Waals surface area contributed by atoms with Crippen LogP contribution in [0.15, 0.2) is 72.8 Å². The average Bonchev–Trinajstić information content (AvgIpc) is 3.44. The van der Waals surface area contributed by atoms with Gasteiger partial charge in [-0.15, -0.1) is 0 Å². The number of nitrogens with zero attached hydrogens (tertiary/aromatic N) is 3. The second-order valence-electron chi connectivity index (χ2n) is 9.41. The summed E-state index contributed by atoms with van der Waals surface area (Å²) in [6.45, 7) is 1.88. The number of hydrogen-bond donors (Lipinski definition) is 0. The number of rotatable bonds is 8. The van der Waals surface area contributed by atoms with Crippen molar-refractivity contribution in [2.45, 2.75) is 24.9 Å². The monoisotopic (exact) mass is 529 g/mol. The normalized spacial score (nSPS) is 22.1. The summed E-state index contributed by atoms with van der Waals surface area (Å²) in [5.41, 5.74) is 1.18. The van der Waals surface area contributed by atoms with Crippen molar-refractivity contribution >= 4 is 23.4 Å². The Morgan fingerprint density at radius 2 is 1.62 bits per heavy atom. The first kappa shape index (κ1) is 25.9. The van der Waals surface area contributed by atoms with E-state index in [9.17, 15) is 24.5 Å². The molecule has 3 aromatic rings. The van der Waals surface area contributed by atoms with E-state index in [1.54, 1.807) is 37.3 Å². The minimum atomic E-state index is -0.946. The Morgan fingerprint density at radius 1 is 0.923 bits per heavy atom. The molecule has 0 bridgehead atoms. The fraction of sp³-hybridized carbons (Fsp3) is 0.276. The topological polar surface area (TPSA) is 119 Å². The molecule has 3 amide bonds. The molecule has 39 heavy (non-hydrogen) atoms. The van der Waals surface area contributed by atoms with E-state index < -0.39 is 40.8 Å². The molecule has 4 atom stereocenters. The molecule has 3 aromatic carbocycles. The molecule has 200 valence electrons. The number of fused-ring (bicyclic) bond motifs is 1. The Morgan fingerprint density at radius 3 is 2.21 bits per heavy atom. The third-order valence-corrected chi connectivity index (χ3v) is 7.56. The summed E-state index contributed by atoms with van der Waals surface area (Å²) in [5.74, 6) is -1.63. The van der Waals surface area contributed by atoms with Gasteiger partial charge in [-0.1, -0.05) is 36.4 Å². The van der Waals surface area contributed by atoms with Crippen LogP contribution >= 0.6 is 0 Å². The largest absolute Gasteiger partial charge is 0.497 e. The number of amides is 3. The number of carbonyl (C=O) groups excluding carboxylic acids is 3. The Hall–Kier alpha value is -4.73. The highest BCUT2D eigenvalue weighted by Crippen LogP contribution is 2.54. The number of benzene rings is 3. The van der Waals surface area contributed by atoms with Crippen molar-refractivity contribution in [2.24, 2.45) is 5.92 Å². The summed E-state index contributed by atoms with van der Waals surface area (Å²) < 4.78 is 10.4. The molecule has 10 heteroatoms. The Labute approximate surface area is 224 Å². The molecule has 2 heterocycles. The first-order chi connectivity index (χ1) is 18.8. The first-order valence-corrected chi connectivity index (χ1v) is 12.5. The standard InChI is InChI=1S/C29H27N3O7/c1-4-30-28(34)26-23(17-8-6-5-7-9-17)24(27(33)18-10-13-20(38-2)14-11-18)25(31(26)29(30)35)19-12-15-22(39-3)21(16-19)32(36)37/h5-16,23-26H,4H2,1-3H3. The smallest absolute Gasteiger partial charge is 0.327 e. The molecule has 0 radical (unpaired) electrons. The van der Waals surface area contributed by atoms with Crippen LogP contribution in [0.4, 0.5) is 10.5 Å². The van der Waals surface area contributed by atoms with Gasteiger partial charge in [0, 0.05) is 24.1 Å². The number of hydrogen-bond acceptors (Lipinski definition) is 7. The fourth-order valence-electron chi connectivity index (χ4n) is 5.83. The van der Waals surface area contributed by atoms with Crippen molar-refractivity contribution in [3.8, 4) is 11.5 Å². The summed E-state index contributed by atoms with van der Waals surface area (Å²) in [6.07, 6.45) is 0. The molecule has 10 nitrogen and oxygen atoms in total. The maximum Gasteiger partial charge on any atom is 0.327 e. The summed E-state index contributed by atoms with van der Waals surface area (Å²) in [4.78, 5) is 55.5. The van der Waals surface area contributed by atoms with Crippen LogP contribution in [-0.4, -0.2) is 59.3 Å². The SMILES string of the molecule is CCN1C(=O)C2C(c3ccccc3)C(C(=O)c3ccc(OC)cc3)C(c3ccc(OC)c([N+](=O)[O-])c3)N2C1=O. The van der Waals surface area contributed by atoms with Crippen LogP contribution in [0.1, 0.15) is 40.4 Å². The first-order valence-electron chi connectivity index (χ1n) is 12.5. The fourth-order valence-corrected chi connectivity index (χ4v) is 5.83. The van der Waals surface area contributed by atoms with Crippen LogP contribution in [0.2, 0.25) is 0 Å². The van der Waals surface area contributed by atoms with Crippen molar-refractivity contribution in [1.29, 1.82) is 0 Å². The van der Waals surface area contributed by atoms with E-state index in [2.05, 4.69) is 0 Å². The van der Waals surface area contributed by atoms with Gasteiger partial charge in [0.05, 0.1) is 31.1 Å². The van der Waals surface area contributed by atoms with E-state index >= 15 is 0 Å². The van der Waals surface area contributed by atoms with Gasteiger partial charge < -0.3 is 14.4 Å². The van der Waals surface area contributed by atoms with Gasteiger partial charge in [-0.2, -0.15) is 0 Å². The number of urea groups is 1. The number of nitro benzene ring substituents is 1. The molecule has 4 unspecified atom stereocenters. The highest BCUT2D eigenvalue weighted by atomic mass is 16.6. The lowest BCUT2D eigenvalue weighted by molar-refractivity contribution is -0.385. The minimum absolute atomic E-state index is 0.0509. The third-order valence-electron chi connectivity index (χ3n) is 7.56. The van der Waals surface area contributed by atoms with Crippen molar-refractivity contribution in [3.63, 3.8) is 0 Å². The zero-order chi connectivity index (χ0) is 27.8. The molecule has 2 saturated heterocycles. The second kappa shape index (κ2) is 10.2. The molecule has 0 spiro atoms. The van der Waals surface area contributed by atoms with E-state index in [4.69, 9.17) is 9.47 Å². The maximum absolute atomic E-state index is 14.3. The number of carbonyl (C=O) groups is 3. The molecule has 2 aliphatic heterocycles. The van der Waals surface area contributed by atoms with Crippen molar-refractivity contribution in [2.75, 3.05) is 20.8 Å². The zero-order valence-corrected chi connectivity index (χ0v) is 21.6. The van der Waals surface area contributed by atoms with Crippen LogP contribution < -0.4 is 9.47 Å². The number of methoxy groups -OCH3 is 2. The maximum atomic E-state index is 14.3. The van der Waals surface area contributed by atoms with Crippen LogP contribution in [0, 0.1) is 16.0 Å². The summed E-state index contributed by atoms with van der Waals surface area (Å²) in [6, 6.07) is 17.7. The summed E-state index contributed by atoms with van der Waals surface area (Å²) in [7, 11) is 2.86. The molecular weight excluding hydrogens is 502 g/mol. The lowest BCUT2D eigenvalue weighted by Gasteiger charge is -2.28. The average molecular weight is 530 g/mol. The molecule has 0 aliphatic carbocycles. The predicted molar refractivity (Wildman–Crippen MR) is 141 cm³/mol. The second-order valence-corrected chi connectivity index (χ2v) is 9.41. The van der Waals surface area contributed by atoms with Crippen LogP contribution in [-0.2, 0) is 4.79 Å². The van der Waals surface area contributed by atoms with E-state index in [0.717, 1.165) is 5.56 Å². The Balaban J connectivity index is 1.74. The molecule has 0 saturated carbocycles. The number of ether oxygens (including phenoxy) is 2. The highest BCUT2D eigenvalue weighted by Gasteiger charge is 2.63. The van der Waals surface area contributed by atoms with Crippen LogP contribution in [0.5, 0.6) is 11.5 Å². The van der Waals surface area contributed by atoms with Gasteiger partial charge >= 0.3 is 11.7 Å².